The summed E-state index contributed by atoms with van der Waals surface area (Å²) in [7, 11) is 0. The lowest BCUT2D eigenvalue weighted by molar-refractivity contribution is -0.125. The summed E-state index contributed by atoms with van der Waals surface area (Å²) in [6.07, 6.45) is 5.04. The van der Waals surface area contributed by atoms with E-state index in [2.05, 4.69) is 15.2 Å². The van der Waals surface area contributed by atoms with Crippen molar-refractivity contribution in [3.8, 4) is 11.1 Å². The van der Waals surface area contributed by atoms with E-state index in [0.717, 1.165) is 36.1 Å². The molecular formula is C26H28FN5O2. The van der Waals surface area contributed by atoms with E-state index in [1.54, 1.807) is 24.7 Å². The highest BCUT2D eigenvalue weighted by Crippen LogP contribution is 2.26. The van der Waals surface area contributed by atoms with Gasteiger partial charge >= 0.3 is 0 Å². The Kier molecular flexibility index (Phi) is 6.40. The average molecular weight is 462 g/mol. The molecule has 2 fully saturated rings. The molecule has 2 aliphatic heterocycles. The molecule has 8 heteroatoms. The van der Waals surface area contributed by atoms with Gasteiger partial charge in [0.25, 0.3) is 5.91 Å². The van der Waals surface area contributed by atoms with E-state index in [9.17, 15) is 14.0 Å². The highest BCUT2D eigenvalue weighted by molar-refractivity contribution is 5.92. The Bertz CT molecular complexity index is 1170. The van der Waals surface area contributed by atoms with Crippen molar-refractivity contribution in [2.24, 2.45) is 0 Å². The third-order valence-corrected chi connectivity index (χ3v) is 6.78. The van der Waals surface area contributed by atoms with Gasteiger partial charge in [0, 0.05) is 38.8 Å². The molecule has 2 aromatic carbocycles. The Morgan fingerprint density at radius 2 is 1.82 bits per heavy atom. The number of piperidine rings is 1. The Morgan fingerprint density at radius 1 is 1.06 bits per heavy atom. The maximum absolute atomic E-state index is 13.4. The fourth-order valence-electron chi connectivity index (χ4n) is 4.94. The molecule has 176 valence electrons. The molecular weight excluding hydrogens is 433 g/mol. The molecule has 34 heavy (non-hydrogen) atoms. The number of halogens is 1. The normalized spacial score (nSPS) is 17.6. The number of carbonyl (C=O) groups excluding carboxylic acids is 2. The molecule has 3 heterocycles. The van der Waals surface area contributed by atoms with Crippen LogP contribution in [-0.2, 0) is 11.3 Å². The van der Waals surface area contributed by atoms with Crippen LogP contribution in [0.3, 0.4) is 0 Å². The zero-order valence-corrected chi connectivity index (χ0v) is 19.0. The van der Waals surface area contributed by atoms with E-state index in [1.807, 2.05) is 33.7 Å². The Labute approximate surface area is 198 Å². The van der Waals surface area contributed by atoms with Gasteiger partial charge < -0.3 is 14.8 Å². The zero-order valence-electron chi connectivity index (χ0n) is 19.0. The van der Waals surface area contributed by atoms with E-state index >= 15 is 0 Å². The molecule has 0 saturated carbocycles. The van der Waals surface area contributed by atoms with Crippen molar-refractivity contribution >= 4 is 11.8 Å². The largest absolute Gasteiger partial charge is 0.354 e. The Balaban J connectivity index is 1.28. The van der Waals surface area contributed by atoms with Crippen molar-refractivity contribution in [3.05, 3.63) is 78.1 Å². The highest BCUT2D eigenvalue weighted by Gasteiger charge is 2.30. The zero-order chi connectivity index (χ0) is 23.5. The molecule has 7 nitrogen and oxygen atoms in total. The fourth-order valence-corrected chi connectivity index (χ4v) is 4.94. The summed E-state index contributed by atoms with van der Waals surface area (Å²) in [6, 6.07) is 14.7. The number of nitrogens with one attached hydrogen (secondary N) is 1. The molecule has 0 bridgehead atoms. The number of benzene rings is 2. The minimum Gasteiger partial charge on any atom is -0.354 e. The standard InChI is InChI=1S/C26H28FN5O2/c27-21-7-5-19(6-8-21)23-4-2-1-3-20(23)16-32-18-28-15-24(32)26(34)30-12-9-22(10-13-30)31-14-11-29-25(33)17-31/h1-8,15,18,22H,9-14,16-17H2,(H,29,33). The number of nitrogens with zero attached hydrogens (tertiary/aromatic N) is 4. The van der Waals surface area contributed by atoms with Crippen molar-refractivity contribution in [3.63, 3.8) is 0 Å². The molecule has 0 radical (unpaired) electrons. The van der Waals surface area contributed by atoms with Gasteiger partial charge in [0.1, 0.15) is 11.5 Å². The van der Waals surface area contributed by atoms with Crippen LogP contribution >= 0.6 is 0 Å². The first-order chi connectivity index (χ1) is 16.6. The van der Waals surface area contributed by atoms with Crippen LogP contribution in [0.2, 0.25) is 0 Å². The third-order valence-electron chi connectivity index (χ3n) is 6.78. The van der Waals surface area contributed by atoms with E-state index in [4.69, 9.17) is 0 Å². The average Bonchev–Trinajstić information content (AvgIpc) is 3.33. The number of likely N-dealkylation sites (tertiary alicyclic amines) is 1. The van der Waals surface area contributed by atoms with Crippen molar-refractivity contribution in [1.82, 2.24) is 24.7 Å². The molecule has 0 atom stereocenters. The number of piperazine rings is 1. The van der Waals surface area contributed by atoms with Crippen LogP contribution in [0.4, 0.5) is 4.39 Å². The van der Waals surface area contributed by atoms with Crippen LogP contribution in [0.5, 0.6) is 0 Å². The quantitative estimate of drug-likeness (QED) is 0.635. The number of imidazole rings is 1. The molecule has 2 amide bonds. The van der Waals surface area contributed by atoms with Crippen molar-refractivity contribution < 1.29 is 14.0 Å². The van der Waals surface area contributed by atoms with Gasteiger partial charge in [-0.2, -0.15) is 0 Å². The van der Waals surface area contributed by atoms with Crippen LogP contribution in [-0.4, -0.2) is 69.9 Å². The van der Waals surface area contributed by atoms with Crippen molar-refractivity contribution in [1.29, 1.82) is 0 Å². The molecule has 1 N–H and O–H groups in total. The second-order valence-corrected chi connectivity index (χ2v) is 8.91. The van der Waals surface area contributed by atoms with E-state index in [0.29, 0.717) is 44.5 Å². The Morgan fingerprint density at radius 3 is 2.59 bits per heavy atom. The first-order valence-corrected chi connectivity index (χ1v) is 11.7. The SMILES string of the molecule is O=C1CN(C2CCN(C(=O)c3cncn3Cc3ccccc3-c3ccc(F)cc3)CC2)CCN1. The fraction of sp³-hybridized carbons (Fsp3) is 0.346. The predicted octanol–water partition coefficient (Wildman–Crippen LogP) is 2.77. The molecule has 0 aliphatic carbocycles. The van der Waals surface area contributed by atoms with Gasteiger partial charge in [-0.05, 0) is 41.7 Å². The van der Waals surface area contributed by atoms with E-state index in [-0.39, 0.29) is 17.6 Å². The molecule has 0 spiro atoms. The van der Waals surface area contributed by atoms with Crippen LogP contribution < -0.4 is 5.32 Å². The number of hydrogen-bond donors (Lipinski definition) is 1. The summed E-state index contributed by atoms with van der Waals surface area (Å²) >= 11 is 0. The number of hydrogen-bond acceptors (Lipinski definition) is 4. The summed E-state index contributed by atoms with van der Waals surface area (Å²) in [5, 5.41) is 2.87. The van der Waals surface area contributed by atoms with Crippen LogP contribution in [0, 0.1) is 5.82 Å². The molecule has 2 saturated heterocycles. The van der Waals surface area contributed by atoms with Gasteiger partial charge in [-0.15, -0.1) is 0 Å². The summed E-state index contributed by atoms with van der Waals surface area (Å²) < 4.78 is 15.3. The summed E-state index contributed by atoms with van der Waals surface area (Å²) in [4.78, 5) is 33.4. The topological polar surface area (TPSA) is 70.5 Å². The van der Waals surface area contributed by atoms with Gasteiger partial charge in [-0.1, -0.05) is 36.4 Å². The second kappa shape index (κ2) is 9.77. The summed E-state index contributed by atoms with van der Waals surface area (Å²) in [5.74, 6) is -0.211. The smallest absolute Gasteiger partial charge is 0.272 e. The molecule has 3 aromatic rings. The maximum atomic E-state index is 13.4. The van der Waals surface area contributed by atoms with Crippen molar-refractivity contribution in [2.45, 2.75) is 25.4 Å². The number of carbonyl (C=O) groups is 2. The van der Waals surface area contributed by atoms with Gasteiger partial charge in [0.15, 0.2) is 0 Å². The number of aromatic nitrogens is 2. The second-order valence-electron chi connectivity index (χ2n) is 8.91. The minimum absolute atomic E-state index is 0.0217. The van der Waals surface area contributed by atoms with Crippen LogP contribution in [0.15, 0.2) is 61.1 Å². The van der Waals surface area contributed by atoms with E-state index in [1.165, 1.54) is 12.1 Å². The maximum Gasteiger partial charge on any atom is 0.272 e. The molecule has 1 aromatic heterocycles. The number of amides is 2. The monoisotopic (exact) mass is 461 g/mol. The third kappa shape index (κ3) is 4.72. The predicted molar refractivity (Wildman–Crippen MR) is 127 cm³/mol. The van der Waals surface area contributed by atoms with Crippen LogP contribution in [0.1, 0.15) is 28.9 Å². The first kappa shape index (κ1) is 22.3. The Hall–Kier alpha value is -3.52. The lowest BCUT2D eigenvalue weighted by atomic mass is 9.99. The molecule has 0 unspecified atom stereocenters. The lowest BCUT2D eigenvalue weighted by Gasteiger charge is -2.39. The number of rotatable bonds is 5. The first-order valence-electron chi connectivity index (χ1n) is 11.7. The minimum atomic E-state index is -0.268. The van der Waals surface area contributed by atoms with Crippen molar-refractivity contribution in [2.75, 3.05) is 32.7 Å². The summed E-state index contributed by atoms with van der Waals surface area (Å²) in [5.41, 5.74) is 3.52. The van der Waals surface area contributed by atoms with Gasteiger partial charge in [-0.25, -0.2) is 9.37 Å². The van der Waals surface area contributed by atoms with Crippen LogP contribution in [0.25, 0.3) is 11.1 Å². The summed E-state index contributed by atoms with van der Waals surface area (Å²) in [6.45, 7) is 3.83. The van der Waals surface area contributed by atoms with Gasteiger partial charge in [0.05, 0.1) is 19.1 Å². The molecule has 5 rings (SSSR count). The van der Waals surface area contributed by atoms with Gasteiger partial charge in [-0.3, -0.25) is 14.5 Å². The lowest BCUT2D eigenvalue weighted by Crippen LogP contribution is -2.54. The highest BCUT2D eigenvalue weighted by atomic mass is 19.1. The molecule has 2 aliphatic rings. The van der Waals surface area contributed by atoms with Gasteiger partial charge in [0.2, 0.25) is 5.91 Å². The van der Waals surface area contributed by atoms with E-state index < -0.39 is 0 Å².